The molecule has 1 aromatic carbocycles. The van der Waals surface area contributed by atoms with E-state index >= 15 is 0 Å². The summed E-state index contributed by atoms with van der Waals surface area (Å²) in [5, 5.41) is 2.97. The van der Waals surface area contributed by atoms with E-state index in [1.54, 1.807) is 0 Å². The minimum Gasteiger partial charge on any atom is -0.451 e. The zero-order valence-corrected chi connectivity index (χ0v) is 18.2. The predicted molar refractivity (Wildman–Crippen MR) is 116 cm³/mol. The highest BCUT2D eigenvalue weighted by atomic mass is 16.5. The molecule has 1 amide bonds. The van der Waals surface area contributed by atoms with Gasteiger partial charge in [-0.05, 0) is 37.3 Å². The zero-order chi connectivity index (χ0) is 23.0. The maximum Gasteiger partial charge on any atom is 0.332 e. The first-order valence-electron chi connectivity index (χ1n) is 10.5. The first-order valence-corrected chi connectivity index (χ1v) is 10.5. The summed E-state index contributed by atoms with van der Waals surface area (Å²) in [7, 11) is 2.85. The first-order chi connectivity index (χ1) is 15.3. The molecule has 4 rings (SSSR count). The van der Waals surface area contributed by atoms with Crippen molar-refractivity contribution in [1.29, 1.82) is 0 Å². The number of aromatic nitrogens is 4. The summed E-state index contributed by atoms with van der Waals surface area (Å²) in [6.45, 7) is 1.20. The van der Waals surface area contributed by atoms with Gasteiger partial charge in [-0.15, -0.1) is 0 Å². The summed E-state index contributed by atoms with van der Waals surface area (Å²) < 4.78 is 8.81. The van der Waals surface area contributed by atoms with Crippen LogP contribution in [0.3, 0.4) is 0 Å². The lowest BCUT2D eigenvalue weighted by molar-refractivity contribution is -0.155. The number of aryl methyl sites for hydroxylation is 2. The van der Waals surface area contributed by atoms with E-state index in [4.69, 9.17) is 4.74 Å². The van der Waals surface area contributed by atoms with Gasteiger partial charge in [0.05, 0.1) is 12.4 Å². The van der Waals surface area contributed by atoms with E-state index in [1.807, 2.05) is 18.2 Å². The van der Waals surface area contributed by atoms with Gasteiger partial charge in [-0.2, -0.15) is 0 Å². The van der Waals surface area contributed by atoms with Crippen LogP contribution in [0.2, 0.25) is 0 Å². The third-order valence-corrected chi connectivity index (χ3v) is 5.88. The zero-order valence-electron chi connectivity index (χ0n) is 18.2. The lowest BCUT2D eigenvalue weighted by Crippen LogP contribution is -2.40. The molecule has 10 heteroatoms. The van der Waals surface area contributed by atoms with E-state index in [0.29, 0.717) is 0 Å². The molecule has 3 aromatic rings. The van der Waals surface area contributed by atoms with Crippen molar-refractivity contribution >= 4 is 23.0 Å². The number of benzene rings is 1. The molecule has 1 N–H and O–H groups in total. The van der Waals surface area contributed by atoms with Gasteiger partial charge in [0.1, 0.15) is 6.54 Å². The van der Waals surface area contributed by atoms with E-state index in [1.165, 1.54) is 42.0 Å². The molecule has 0 fully saturated rings. The normalized spacial score (nSPS) is 16.4. The van der Waals surface area contributed by atoms with Crippen molar-refractivity contribution in [2.75, 3.05) is 0 Å². The van der Waals surface area contributed by atoms with Gasteiger partial charge in [0.2, 0.25) is 0 Å². The molecular weight excluding hydrogens is 414 g/mol. The van der Waals surface area contributed by atoms with Crippen LogP contribution in [0.15, 0.2) is 40.2 Å². The molecule has 1 aliphatic rings. The summed E-state index contributed by atoms with van der Waals surface area (Å²) in [5.74, 6) is -1.07. The van der Waals surface area contributed by atoms with Gasteiger partial charge in [0, 0.05) is 14.1 Å². The molecule has 0 spiro atoms. The minimum atomic E-state index is -1.00. The third kappa shape index (κ3) is 3.83. The van der Waals surface area contributed by atoms with Gasteiger partial charge in [-0.25, -0.2) is 9.78 Å². The number of ether oxygens (including phenoxy) is 1. The maximum absolute atomic E-state index is 12.7. The Labute approximate surface area is 183 Å². The average molecular weight is 439 g/mol. The smallest absolute Gasteiger partial charge is 0.332 e. The number of nitrogens with zero attached hydrogens (tertiary/aromatic N) is 4. The van der Waals surface area contributed by atoms with Gasteiger partial charge in [0.25, 0.3) is 11.5 Å². The Balaban J connectivity index is 1.44. The number of amides is 1. The predicted octanol–water partition coefficient (Wildman–Crippen LogP) is 0.559. The monoisotopic (exact) mass is 439 g/mol. The summed E-state index contributed by atoms with van der Waals surface area (Å²) >= 11 is 0. The van der Waals surface area contributed by atoms with Crippen molar-refractivity contribution in [1.82, 2.24) is 24.0 Å². The second-order valence-corrected chi connectivity index (χ2v) is 8.03. The Morgan fingerprint density at radius 2 is 1.97 bits per heavy atom. The van der Waals surface area contributed by atoms with Crippen LogP contribution in [0.5, 0.6) is 0 Å². The number of hydrogen-bond acceptors (Lipinski definition) is 6. The largest absolute Gasteiger partial charge is 0.451 e. The van der Waals surface area contributed by atoms with Crippen molar-refractivity contribution in [2.45, 2.75) is 44.9 Å². The second kappa shape index (κ2) is 8.45. The van der Waals surface area contributed by atoms with Crippen LogP contribution >= 0.6 is 0 Å². The van der Waals surface area contributed by atoms with Crippen molar-refractivity contribution in [2.24, 2.45) is 14.1 Å². The molecule has 2 heterocycles. The number of nitrogens with one attached hydrogen (secondary N) is 1. The molecule has 32 heavy (non-hydrogen) atoms. The Hall–Kier alpha value is -3.69. The fraction of sp³-hybridized carbons (Fsp3) is 0.409. The van der Waals surface area contributed by atoms with Crippen LogP contribution in [0.25, 0.3) is 11.2 Å². The van der Waals surface area contributed by atoms with Crippen LogP contribution in [-0.4, -0.2) is 36.7 Å². The number of imidazole rings is 1. The minimum absolute atomic E-state index is 0.113. The van der Waals surface area contributed by atoms with E-state index < -0.39 is 23.3 Å². The Kier molecular flexibility index (Phi) is 5.68. The van der Waals surface area contributed by atoms with Gasteiger partial charge in [0.15, 0.2) is 17.3 Å². The van der Waals surface area contributed by atoms with Crippen molar-refractivity contribution in [3.63, 3.8) is 0 Å². The quantitative estimate of drug-likeness (QED) is 0.581. The van der Waals surface area contributed by atoms with Crippen LogP contribution in [0.4, 0.5) is 0 Å². The van der Waals surface area contributed by atoms with Crippen LogP contribution < -0.4 is 16.6 Å². The number of hydrogen-bond donors (Lipinski definition) is 1. The summed E-state index contributed by atoms with van der Waals surface area (Å²) in [4.78, 5) is 53.7. The molecule has 10 nitrogen and oxygen atoms in total. The lowest BCUT2D eigenvalue weighted by atomic mass is 9.87. The maximum atomic E-state index is 12.7. The molecule has 2 atom stereocenters. The number of carbonyl (C=O) groups is 2. The summed E-state index contributed by atoms with van der Waals surface area (Å²) in [6.07, 6.45) is 3.08. The van der Waals surface area contributed by atoms with Gasteiger partial charge < -0.3 is 14.6 Å². The molecule has 0 saturated heterocycles. The standard InChI is InChI=1S/C22H25N5O5/c1-13(20(29)24-16-10-6-8-14-7-4-5-9-15(14)16)32-17(28)11-27-12-23-19-18(27)21(30)26(3)22(31)25(19)2/h4-5,7,9,12-13,16H,6,8,10-11H2,1-3H3,(H,24,29). The molecule has 168 valence electrons. The lowest BCUT2D eigenvalue weighted by Gasteiger charge is -2.27. The molecule has 2 unspecified atom stereocenters. The molecule has 0 aliphatic heterocycles. The van der Waals surface area contributed by atoms with E-state index in [9.17, 15) is 19.2 Å². The number of carbonyl (C=O) groups excluding carboxylic acids is 2. The Morgan fingerprint density at radius 1 is 1.22 bits per heavy atom. The Bertz CT molecular complexity index is 1320. The molecular formula is C22H25N5O5. The topological polar surface area (TPSA) is 117 Å². The summed E-state index contributed by atoms with van der Waals surface area (Å²) in [5.41, 5.74) is 1.53. The Morgan fingerprint density at radius 3 is 2.75 bits per heavy atom. The van der Waals surface area contributed by atoms with Crippen LogP contribution in [-0.2, 0) is 41.4 Å². The highest BCUT2D eigenvalue weighted by molar-refractivity contribution is 5.84. The fourth-order valence-corrected chi connectivity index (χ4v) is 4.14. The fourth-order valence-electron chi connectivity index (χ4n) is 4.14. The second-order valence-electron chi connectivity index (χ2n) is 8.03. The molecule has 0 radical (unpaired) electrons. The van der Waals surface area contributed by atoms with Crippen LogP contribution in [0, 0.1) is 0 Å². The van der Waals surface area contributed by atoms with Crippen molar-refractivity contribution < 1.29 is 14.3 Å². The van der Waals surface area contributed by atoms with Gasteiger partial charge in [-0.3, -0.25) is 23.5 Å². The van der Waals surface area contributed by atoms with Gasteiger partial charge in [-0.1, -0.05) is 24.3 Å². The highest BCUT2D eigenvalue weighted by Crippen LogP contribution is 2.29. The third-order valence-electron chi connectivity index (χ3n) is 5.88. The molecule has 2 aromatic heterocycles. The summed E-state index contributed by atoms with van der Waals surface area (Å²) in [6, 6.07) is 7.89. The first kappa shape index (κ1) is 21.5. The van der Waals surface area contributed by atoms with Crippen LogP contribution in [0.1, 0.15) is 36.9 Å². The van der Waals surface area contributed by atoms with Gasteiger partial charge >= 0.3 is 11.7 Å². The number of rotatable bonds is 5. The SMILES string of the molecule is CC(OC(=O)Cn1cnc2c1c(=O)n(C)c(=O)n2C)C(=O)NC1CCCc2ccccc21. The average Bonchev–Trinajstić information content (AvgIpc) is 3.19. The van der Waals surface area contributed by atoms with E-state index in [0.717, 1.165) is 29.4 Å². The number of fused-ring (bicyclic) bond motifs is 2. The van der Waals surface area contributed by atoms with E-state index in [2.05, 4.69) is 16.4 Å². The van der Waals surface area contributed by atoms with E-state index in [-0.39, 0.29) is 29.7 Å². The molecule has 0 bridgehead atoms. The number of esters is 1. The highest BCUT2D eigenvalue weighted by Gasteiger charge is 2.26. The molecule has 1 aliphatic carbocycles. The van der Waals surface area contributed by atoms with Crippen molar-refractivity contribution in [3.05, 3.63) is 62.6 Å². The van der Waals surface area contributed by atoms with Crippen molar-refractivity contribution in [3.8, 4) is 0 Å². The molecule has 0 saturated carbocycles.